The first-order chi connectivity index (χ1) is 8.60. The second-order valence-corrected chi connectivity index (χ2v) is 3.91. The molecule has 0 saturated carbocycles. The Morgan fingerprint density at radius 3 is 2.22 bits per heavy atom. The van der Waals surface area contributed by atoms with E-state index < -0.39 is 0 Å². The van der Waals surface area contributed by atoms with Crippen LogP contribution < -0.4 is 9.47 Å². The van der Waals surface area contributed by atoms with Crippen LogP contribution in [0.5, 0.6) is 17.2 Å². The van der Waals surface area contributed by atoms with Crippen LogP contribution in [0.3, 0.4) is 0 Å². The number of phenolic OH excluding ortho intramolecular Hbond substituents is 1. The van der Waals surface area contributed by atoms with E-state index in [-0.39, 0.29) is 17.1 Å². The third-order valence-corrected chi connectivity index (χ3v) is 2.89. The number of phenols is 1. The van der Waals surface area contributed by atoms with Crippen LogP contribution in [0, 0.1) is 0 Å². The Labute approximate surface area is 105 Å². The van der Waals surface area contributed by atoms with Gasteiger partial charge in [0, 0.05) is 5.39 Å². The highest BCUT2D eigenvalue weighted by Crippen LogP contribution is 2.40. The molecule has 4 heteroatoms. The van der Waals surface area contributed by atoms with E-state index in [1.165, 1.54) is 14.0 Å². The minimum Gasteiger partial charge on any atom is -0.506 e. The van der Waals surface area contributed by atoms with Crippen molar-refractivity contribution in [3.05, 3.63) is 29.8 Å². The van der Waals surface area contributed by atoms with Crippen LogP contribution in [-0.2, 0) is 0 Å². The second kappa shape index (κ2) is 4.56. The molecule has 4 nitrogen and oxygen atoms in total. The van der Waals surface area contributed by atoms with Gasteiger partial charge in [-0.3, -0.25) is 4.79 Å². The Hall–Kier alpha value is -2.23. The van der Waals surface area contributed by atoms with Gasteiger partial charge in [0.05, 0.1) is 25.2 Å². The van der Waals surface area contributed by atoms with Crippen molar-refractivity contribution in [3.8, 4) is 17.2 Å². The van der Waals surface area contributed by atoms with Gasteiger partial charge in [-0.05, 0) is 31.2 Å². The average Bonchev–Trinajstić information content (AvgIpc) is 2.37. The fourth-order valence-corrected chi connectivity index (χ4v) is 2.00. The van der Waals surface area contributed by atoms with Gasteiger partial charge in [-0.1, -0.05) is 0 Å². The van der Waals surface area contributed by atoms with Crippen LogP contribution >= 0.6 is 0 Å². The molecule has 0 spiro atoms. The number of Topliss-reactive ketones (excluding diaryl/α,β-unsaturated/α-hetero) is 1. The van der Waals surface area contributed by atoms with Crippen LogP contribution in [0.4, 0.5) is 0 Å². The topological polar surface area (TPSA) is 55.8 Å². The number of ketones is 1. The lowest BCUT2D eigenvalue weighted by Crippen LogP contribution is -1.96. The van der Waals surface area contributed by atoms with Gasteiger partial charge >= 0.3 is 0 Å². The minimum absolute atomic E-state index is 0.0734. The number of hydrogen-bond donors (Lipinski definition) is 1. The monoisotopic (exact) mass is 246 g/mol. The highest BCUT2D eigenvalue weighted by Gasteiger charge is 2.16. The Morgan fingerprint density at radius 1 is 1.06 bits per heavy atom. The van der Waals surface area contributed by atoms with E-state index in [1.807, 2.05) is 0 Å². The summed E-state index contributed by atoms with van der Waals surface area (Å²) in [5.74, 6) is 0.859. The Kier molecular flexibility index (Phi) is 3.10. The van der Waals surface area contributed by atoms with Crippen molar-refractivity contribution in [2.24, 2.45) is 0 Å². The van der Waals surface area contributed by atoms with Gasteiger partial charge in [-0.15, -0.1) is 0 Å². The molecule has 0 aliphatic carbocycles. The summed E-state index contributed by atoms with van der Waals surface area (Å²) in [4.78, 5) is 11.4. The highest BCUT2D eigenvalue weighted by atomic mass is 16.5. The standard InChI is InChI=1S/C14H14O4/c1-8(15)9-4-5-10-11(17-2)6-7-12(18-3)13(10)14(9)16/h4-7,16H,1-3H3. The molecule has 0 bridgehead atoms. The van der Waals surface area contributed by atoms with E-state index in [4.69, 9.17) is 9.47 Å². The second-order valence-electron chi connectivity index (χ2n) is 3.91. The summed E-state index contributed by atoms with van der Waals surface area (Å²) < 4.78 is 10.4. The molecule has 0 heterocycles. The molecule has 0 unspecified atom stereocenters. The number of carbonyl (C=O) groups is 1. The number of hydrogen-bond acceptors (Lipinski definition) is 4. The quantitative estimate of drug-likeness (QED) is 0.846. The average molecular weight is 246 g/mol. The molecule has 0 atom stereocenters. The first kappa shape index (κ1) is 12.2. The maximum absolute atomic E-state index is 11.4. The Bertz CT molecular complexity index is 617. The van der Waals surface area contributed by atoms with E-state index in [2.05, 4.69) is 0 Å². The van der Waals surface area contributed by atoms with E-state index in [0.29, 0.717) is 22.3 Å². The lowest BCUT2D eigenvalue weighted by atomic mass is 10.0. The van der Waals surface area contributed by atoms with Gasteiger partial charge in [0.2, 0.25) is 0 Å². The van der Waals surface area contributed by atoms with Crippen molar-refractivity contribution in [3.63, 3.8) is 0 Å². The van der Waals surface area contributed by atoms with Crippen LogP contribution in [0.25, 0.3) is 10.8 Å². The van der Waals surface area contributed by atoms with E-state index in [0.717, 1.165) is 0 Å². The summed E-state index contributed by atoms with van der Waals surface area (Å²) in [6.45, 7) is 1.41. The molecule has 0 aromatic heterocycles. The fraction of sp³-hybridized carbons (Fsp3) is 0.214. The Morgan fingerprint density at radius 2 is 1.67 bits per heavy atom. The summed E-state index contributed by atoms with van der Waals surface area (Å²) in [5, 5.41) is 11.4. The van der Waals surface area contributed by atoms with Crippen molar-refractivity contribution in [2.45, 2.75) is 6.92 Å². The molecular formula is C14H14O4. The number of carbonyl (C=O) groups excluding carboxylic acids is 1. The number of benzene rings is 2. The summed E-state index contributed by atoms with van der Waals surface area (Å²) in [5.41, 5.74) is 0.272. The molecular weight excluding hydrogens is 232 g/mol. The molecule has 18 heavy (non-hydrogen) atoms. The molecule has 94 valence electrons. The highest BCUT2D eigenvalue weighted by molar-refractivity contribution is 6.07. The number of rotatable bonds is 3. The molecule has 0 fully saturated rings. The van der Waals surface area contributed by atoms with Gasteiger partial charge in [0.1, 0.15) is 17.2 Å². The molecule has 2 rings (SSSR count). The molecule has 1 N–H and O–H groups in total. The van der Waals surface area contributed by atoms with Crippen LogP contribution in [0.2, 0.25) is 0 Å². The van der Waals surface area contributed by atoms with Crippen molar-refractivity contribution >= 4 is 16.6 Å². The van der Waals surface area contributed by atoms with Gasteiger partial charge < -0.3 is 14.6 Å². The largest absolute Gasteiger partial charge is 0.506 e. The Balaban J connectivity index is 2.89. The lowest BCUT2D eigenvalue weighted by molar-refractivity contribution is 0.101. The smallest absolute Gasteiger partial charge is 0.163 e. The molecule has 2 aromatic carbocycles. The fourth-order valence-electron chi connectivity index (χ4n) is 2.00. The van der Waals surface area contributed by atoms with Crippen LogP contribution in [0.15, 0.2) is 24.3 Å². The van der Waals surface area contributed by atoms with Crippen LogP contribution in [-0.4, -0.2) is 25.1 Å². The van der Waals surface area contributed by atoms with Gasteiger partial charge in [0.15, 0.2) is 5.78 Å². The minimum atomic E-state index is -0.195. The SMILES string of the molecule is COc1ccc(OC)c2c(O)c(C(C)=O)ccc12. The number of ether oxygens (including phenoxy) is 2. The van der Waals surface area contributed by atoms with Crippen molar-refractivity contribution in [2.75, 3.05) is 14.2 Å². The van der Waals surface area contributed by atoms with Gasteiger partial charge in [-0.25, -0.2) is 0 Å². The zero-order valence-electron chi connectivity index (χ0n) is 10.5. The number of aromatic hydroxyl groups is 1. The zero-order valence-corrected chi connectivity index (χ0v) is 10.5. The zero-order chi connectivity index (χ0) is 13.3. The van der Waals surface area contributed by atoms with Gasteiger partial charge in [-0.2, -0.15) is 0 Å². The molecule has 2 aromatic rings. The van der Waals surface area contributed by atoms with E-state index >= 15 is 0 Å². The summed E-state index contributed by atoms with van der Waals surface area (Å²) >= 11 is 0. The third-order valence-electron chi connectivity index (χ3n) is 2.89. The molecule has 0 radical (unpaired) electrons. The van der Waals surface area contributed by atoms with E-state index in [9.17, 15) is 9.90 Å². The molecule has 0 aliphatic heterocycles. The maximum atomic E-state index is 11.4. The summed E-state index contributed by atoms with van der Waals surface area (Å²) in [7, 11) is 3.07. The molecule has 0 amide bonds. The molecule has 0 aliphatic rings. The predicted molar refractivity (Wildman–Crippen MR) is 68.7 cm³/mol. The van der Waals surface area contributed by atoms with Gasteiger partial charge in [0.25, 0.3) is 0 Å². The van der Waals surface area contributed by atoms with Crippen LogP contribution in [0.1, 0.15) is 17.3 Å². The van der Waals surface area contributed by atoms with Crippen molar-refractivity contribution in [1.82, 2.24) is 0 Å². The van der Waals surface area contributed by atoms with Crippen molar-refractivity contribution < 1.29 is 19.4 Å². The van der Waals surface area contributed by atoms with Crippen molar-refractivity contribution in [1.29, 1.82) is 0 Å². The summed E-state index contributed by atoms with van der Waals surface area (Å²) in [6, 6.07) is 6.79. The number of methoxy groups -OCH3 is 2. The predicted octanol–water partition coefficient (Wildman–Crippen LogP) is 2.77. The summed E-state index contributed by atoms with van der Waals surface area (Å²) in [6.07, 6.45) is 0. The lowest BCUT2D eigenvalue weighted by Gasteiger charge is -2.12. The third kappa shape index (κ3) is 1.76. The van der Waals surface area contributed by atoms with E-state index in [1.54, 1.807) is 31.4 Å². The number of fused-ring (bicyclic) bond motifs is 1. The first-order valence-corrected chi connectivity index (χ1v) is 5.47. The normalized spacial score (nSPS) is 10.4. The first-order valence-electron chi connectivity index (χ1n) is 5.47. The molecule has 0 saturated heterocycles. The maximum Gasteiger partial charge on any atom is 0.163 e.